The summed E-state index contributed by atoms with van der Waals surface area (Å²) in [6, 6.07) is 7.90. The first kappa shape index (κ1) is 18.2. The molecule has 0 heterocycles. The van der Waals surface area contributed by atoms with Gasteiger partial charge in [-0.05, 0) is 53.2 Å². The van der Waals surface area contributed by atoms with Crippen LogP contribution in [-0.4, -0.2) is 16.9 Å². The number of nitro groups is 1. The Morgan fingerprint density at radius 2 is 2.08 bits per heavy atom. The number of ether oxygens (including phenoxy) is 1. The summed E-state index contributed by atoms with van der Waals surface area (Å²) in [5, 5.41) is 13.7. The number of rotatable bonds is 5. The van der Waals surface area contributed by atoms with Gasteiger partial charge in [-0.2, -0.15) is 4.39 Å². The van der Waals surface area contributed by atoms with Gasteiger partial charge in [-0.15, -0.1) is 0 Å². The lowest BCUT2D eigenvalue weighted by atomic mass is 10.2. The van der Waals surface area contributed by atoms with Gasteiger partial charge in [0.1, 0.15) is 5.75 Å². The molecule has 0 aliphatic rings. The summed E-state index contributed by atoms with van der Waals surface area (Å²) in [4.78, 5) is 22.0. The number of halogens is 3. The van der Waals surface area contributed by atoms with E-state index in [0.717, 1.165) is 12.1 Å². The van der Waals surface area contributed by atoms with E-state index in [1.165, 1.54) is 13.0 Å². The predicted molar refractivity (Wildman–Crippen MR) is 90.9 cm³/mol. The number of nitrogens with zero attached hydrogens (tertiary/aromatic N) is 1. The number of hydrogen-bond donors (Lipinski definition) is 1. The van der Waals surface area contributed by atoms with Crippen LogP contribution in [0.1, 0.15) is 6.92 Å². The lowest BCUT2D eigenvalue weighted by Crippen LogP contribution is -2.30. The number of anilines is 1. The van der Waals surface area contributed by atoms with E-state index in [0.29, 0.717) is 15.2 Å². The normalized spacial score (nSPS) is 11.7. The number of nitro benzene ring substituents is 1. The van der Waals surface area contributed by atoms with Crippen LogP contribution in [0.25, 0.3) is 0 Å². The third kappa shape index (κ3) is 4.42. The molecule has 2 aromatic rings. The fourth-order valence-electron chi connectivity index (χ4n) is 1.79. The summed E-state index contributed by atoms with van der Waals surface area (Å²) >= 11 is 9.09. The SMILES string of the molecule is CC(Oc1ccc(Cl)cc1Br)C(=O)Nc1ccc(F)c([N+](=O)[O-])c1. The summed E-state index contributed by atoms with van der Waals surface area (Å²) in [5.41, 5.74) is -0.625. The van der Waals surface area contributed by atoms with Gasteiger partial charge >= 0.3 is 5.69 Å². The minimum absolute atomic E-state index is 0.0960. The van der Waals surface area contributed by atoms with E-state index < -0.39 is 28.4 Å². The first-order valence-corrected chi connectivity index (χ1v) is 7.81. The predicted octanol–water partition coefficient (Wildman–Crippen LogP) is 4.56. The first-order chi connectivity index (χ1) is 11.3. The topological polar surface area (TPSA) is 81.5 Å². The minimum Gasteiger partial charge on any atom is -0.480 e. The summed E-state index contributed by atoms with van der Waals surface area (Å²) in [5.74, 6) is -1.11. The molecule has 0 bridgehead atoms. The molecule has 1 N–H and O–H groups in total. The molecule has 0 spiro atoms. The van der Waals surface area contributed by atoms with Crippen LogP contribution in [0.4, 0.5) is 15.8 Å². The molecule has 126 valence electrons. The number of amides is 1. The van der Waals surface area contributed by atoms with Crippen molar-refractivity contribution in [1.82, 2.24) is 0 Å². The molecular weight excluding hydrogens is 407 g/mol. The van der Waals surface area contributed by atoms with Gasteiger partial charge in [0.2, 0.25) is 5.82 Å². The Bertz CT molecular complexity index is 803. The second-order valence-electron chi connectivity index (χ2n) is 4.75. The number of hydrogen-bond acceptors (Lipinski definition) is 4. The highest BCUT2D eigenvalue weighted by atomic mass is 79.9. The molecule has 2 rings (SSSR count). The number of nitrogens with one attached hydrogen (secondary N) is 1. The zero-order valence-electron chi connectivity index (χ0n) is 12.3. The standard InChI is InChI=1S/C15H11BrClFN2O4/c1-8(24-14-5-2-9(17)6-11(14)16)15(21)19-10-3-4-12(18)13(7-10)20(22)23/h2-8H,1H3,(H,19,21). The maximum absolute atomic E-state index is 13.3. The van der Waals surface area contributed by atoms with E-state index in [1.807, 2.05) is 0 Å². The van der Waals surface area contributed by atoms with Crippen molar-refractivity contribution in [2.24, 2.45) is 0 Å². The Balaban J connectivity index is 2.09. The van der Waals surface area contributed by atoms with Crippen molar-refractivity contribution in [3.63, 3.8) is 0 Å². The lowest BCUT2D eigenvalue weighted by molar-refractivity contribution is -0.387. The van der Waals surface area contributed by atoms with Gasteiger partial charge in [0, 0.05) is 16.8 Å². The molecule has 0 radical (unpaired) electrons. The molecule has 1 atom stereocenters. The number of benzene rings is 2. The van der Waals surface area contributed by atoms with Gasteiger partial charge in [0.15, 0.2) is 6.10 Å². The van der Waals surface area contributed by atoms with E-state index in [9.17, 15) is 19.3 Å². The van der Waals surface area contributed by atoms with Crippen LogP contribution in [0, 0.1) is 15.9 Å². The van der Waals surface area contributed by atoms with Crippen molar-refractivity contribution in [2.75, 3.05) is 5.32 Å². The summed E-state index contributed by atoms with van der Waals surface area (Å²) in [7, 11) is 0. The molecule has 6 nitrogen and oxygen atoms in total. The minimum atomic E-state index is -0.979. The molecule has 2 aromatic carbocycles. The molecule has 0 aliphatic carbocycles. The van der Waals surface area contributed by atoms with Crippen molar-refractivity contribution in [3.8, 4) is 5.75 Å². The average Bonchev–Trinajstić information content (AvgIpc) is 2.51. The zero-order valence-corrected chi connectivity index (χ0v) is 14.6. The van der Waals surface area contributed by atoms with Crippen LogP contribution in [0.15, 0.2) is 40.9 Å². The zero-order chi connectivity index (χ0) is 17.9. The van der Waals surface area contributed by atoms with Gasteiger partial charge in [0.25, 0.3) is 5.91 Å². The van der Waals surface area contributed by atoms with Crippen molar-refractivity contribution in [3.05, 3.63) is 61.8 Å². The molecule has 9 heteroatoms. The lowest BCUT2D eigenvalue weighted by Gasteiger charge is -2.16. The van der Waals surface area contributed by atoms with Crippen molar-refractivity contribution in [1.29, 1.82) is 0 Å². The molecule has 0 saturated heterocycles. The number of carbonyl (C=O) groups excluding carboxylic acids is 1. The highest BCUT2D eigenvalue weighted by molar-refractivity contribution is 9.10. The molecule has 1 amide bonds. The van der Waals surface area contributed by atoms with Gasteiger partial charge in [-0.3, -0.25) is 14.9 Å². The quantitative estimate of drug-likeness (QED) is 0.571. The Morgan fingerprint density at radius 1 is 1.38 bits per heavy atom. The highest BCUT2D eigenvalue weighted by Crippen LogP contribution is 2.29. The third-order valence-corrected chi connectivity index (χ3v) is 3.83. The molecular formula is C15H11BrClFN2O4. The van der Waals surface area contributed by atoms with Crippen LogP contribution in [0.3, 0.4) is 0 Å². The molecule has 0 aliphatic heterocycles. The van der Waals surface area contributed by atoms with Gasteiger partial charge in [-0.25, -0.2) is 0 Å². The Labute approximate surface area is 149 Å². The van der Waals surface area contributed by atoms with E-state index in [-0.39, 0.29) is 5.69 Å². The average molecular weight is 418 g/mol. The monoisotopic (exact) mass is 416 g/mol. The molecule has 1 unspecified atom stereocenters. The molecule has 0 saturated carbocycles. The van der Waals surface area contributed by atoms with Crippen LogP contribution in [0.2, 0.25) is 5.02 Å². The Hall–Kier alpha value is -2.19. The van der Waals surface area contributed by atoms with E-state index >= 15 is 0 Å². The highest BCUT2D eigenvalue weighted by Gasteiger charge is 2.19. The third-order valence-electron chi connectivity index (χ3n) is 2.98. The molecule has 24 heavy (non-hydrogen) atoms. The number of carbonyl (C=O) groups is 1. The van der Waals surface area contributed by atoms with Crippen LogP contribution in [0.5, 0.6) is 5.75 Å². The maximum Gasteiger partial charge on any atom is 0.306 e. The Morgan fingerprint density at radius 3 is 2.71 bits per heavy atom. The van der Waals surface area contributed by atoms with Gasteiger partial charge in [-0.1, -0.05) is 11.6 Å². The molecule has 0 aromatic heterocycles. The van der Waals surface area contributed by atoms with Crippen LogP contribution < -0.4 is 10.1 Å². The van der Waals surface area contributed by atoms with E-state index in [4.69, 9.17) is 16.3 Å². The Kier molecular flexibility index (Phi) is 5.74. The summed E-state index contributed by atoms with van der Waals surface area (Å²) < 4.78 is 19.4. The summed E-state index contributed by atoms with van der Waals surface area (Å²) in [6.07, 6.45) is -0.897. The molecule has 0 fully saturated rings. The van der Waals surface area contributed by atoms with Gasteiger partial charge in [0.05, 0.1) is 9.40 Å². The first-order valence-electron chi connectivity index (χ1n) is 6.64. The van der Waals surface area contributed by atoms with Crippen LogP contribution in [-0.2, 0) is 4.79 Å². The fourth-order valence-corrected chi connectivity index (χ4v) is 2.57. The van der Waals surface area contributed by atoms with Crippen molar-refractivity contribution >= 4 is 44.8 Å². The van der Waals surface area contributed by atoms with Crippen molar-refractivity contribution in [2.45, 2.75) is 13.0 Å². The largest absolute Gasteiger partial charge is 0.480 e. The van der Waals surface area contributed by atoms with Crippen LogP contribution >= 0.6 is 27.5 Å². The smallest absolute Gasteiger partial charge is 0.306 e. The van der Waals surface area contributed by atoms with Crippen molar-refractivity contribution < 1.29 is 18.8 Å². The second-order valence-corrected chi connectivity index (χ2v) is 6.04. The van der Waals surface area contributed by atoms with Gasteiger partial charge < -0.3 is 10.1 Å². The second kappa shape index (κ2) is 7.59. The summed E-state index contributed by atoms with van der Waals surface area (Å²) in [6.45, 7) is 1.51. The van der Waals surface area contributed by atoms with E-state index in [2.05, 4.69) is 21.2 Å². The fraction of sp³-hybridized carbons (Fsp3) is 0.133. The van der Waals surface area contributed by atoms with E-state index in [1.54, 1.807) is 18.2 Å². The maximum atomic E-state index is 13.3.